The quantitative estimate of drug-likeness (QED) is 0.665. The lowest BCUT2D eigenvalue weighted by molar-refractivity contribution is 0.242. The Morgan fingerprint density at radius 1 is 1.15 bits per heavy atom. The molecule has 1 aromatic heterocycles. The van der Waals surface area contributed by atoms with Gasteiger partial charge in [-0.25, -0.2) is 0 Å². The van der Waals surface area contributed by atoms with Gasteiger partial charge in [0.25, 0.3) is 5.89 Å². The summed E-state index contributed by atoms with van der Waals surface area (Å²) in [5, 5.41) is 13.6. The van der Waals surface area contributed by atoms with E-state index in [0.717, 1.165) is 24.0 Å². The van der Waals surface area contributed by atoms with Crippen LogP contribution in [0.15, 0.2) is 34.9 Å². The van der Waals surface area contributed by atoms with E-state index in [2.05, 4.69) is 35.3 Å². The molecule has 1 aliphatic rings. The van der Waals surface area contributed by atoms with Crippen molar-refractivity contribution in [3.8, 4) is 34.7 Å². The lowest BCUT2D eigenvalue weighted by atomic mass is 10.0. The summed E-state index contributed by atoms with van der Waals surface area (Å²) in [6, 6.07) is 11.9. The van der Waals surface area contributed by atoms with Crippen LogP contribution in [0.25, 0.3) is 22.8 Å². The van der Waals surface area contributed by atoms with Crippen molar-refractivity contribution in [2.24, 2.45) is 0 Å². The van der Waals surface area contributed by atoms with Crippen molar-refractivity contribution in [3.63, 3.8) is 0 Å². The van der Waals surface area contributed by atoms with Crippen molar-refractivity contribution in [3.05, 3.63) is 52.6 Å². The number of fused-ring (bicyclic) bond motifs is 1. The third-order valence-corrected chi connectivity index (χ3v) is 4.82. The Labute approximate surface area is 158 Å². The minimum absolute atomic E-state index is 0.000686. The van der Waals surface area contributed by atoms with Crippen LogP contribution in [0.3, 0.4) is 0 Å². The van der Waals surface area contributed by atoms with Gasteiger partial charge in [0, 0.05) is 11.1 Å². The highest BCUT2D eigenvalue weighted by atomic mass is 16.5. The molecule has 136 valence electrons. The molecule has 0 atom stereocenters. The largest absolute Gasteiger partial charge is 0.490 e. The number of hydrogen-bond donors (Lipinski definition) is 0. The lowest BCUT2D eigenvalue weighted by Crippen LogP contribution is -2.06. The summed E-state index contributed by atoms with van der Waals surface area (Å²) in [4.78, 5) is 4.58. The van der Waals surface area contributed by atoms with Crippen LogP contribution in [0.4, 0.5) is 0 Å². The van der Waals surface area contributed by atoms with Crippen LogP contribution in [0.1, 0.15) is 42.5 Å². The fraction of sp³-hybridized carbons (Fsp3) is 0.318. The number of nitriles is 1. The van der Waals surface area contributed by atoms with Crippen LogP contribution in [0.5, 0.6) is 5.75 Å². The molecule has 1 heterocycles. The monoisotopic (exact) mass is 359 g/mol. The molecule has 0 bridgehead atoms. The van der Waals surface area contributed by atoms with Gasteiger partial charge in [-0.1, -0.05) is 11.2 Å². The standard InChI is InChI=1S/C22H21N3O2/c1-13(2)26-20-8-7-17(10-18(20)12-23)22-24-21(25-27-22)19-11-16-6-4-5-15(16)9-14(19)3/h7-11,13H,4-6H2,1-3H3. The van der Waals surface area contributed by atoms with Crippen LogP contribution >= 0.6 is 0 Å². The van der Waals surface area contributed by atoms with Crippen molar-refractivity contribution in [2.75, 3.05) is 0 Å². The first kappa shape index (κ1) is 17.3. The summed E-state index contributed by atoms with van der Waals surface area (Å²) in [7, 11) is 0. The molecule has 0 saturated heterocycles. The summed E-state index contributed by atoms with van der Waals surface area (Å²) in [6.07, 6.45) is 3.46. The van der Waals surface area contributed by atoms with Crippen LogP contribution in [-0.2, 0) is 12.8 Å². The van der Waals surface area contributed by atoms with Crippen LogP contribution < -0.4 is 4.74 Å². The van der Waals surface area contributed by atoms with E-state index < -0.39 is 0 Å². The van der Waals surface area contributed by atoms with E-state index in [1.807, 2.05) is 19.9 Å². The summed E-state index contributed by atoms with van der Waals surface area (Å²) in [5.74, 6) is 1.54. The second-order valence-corrected chi connectivity index (χ2v) is 7.20. The van der Waals surface area contributed by atoms with Crippen molar-refractivity contribution in [1.29, 1.82) is 5.26 Å². The van der Waals surface area contributed by atoms with Crippen molar-refractivity contribution in [1.82, 2.24) is 10.1 Å². The number of aryl methyl sites for hydroxylation is 3. The fourth-order valence-electron chi connectivity index (χ4n) is 3.55. The molecule has 5 nitrogen and oxygen atoms in total. The van der Waals surface area contributed by atoms with Crippen molar-refractivity contribution >= 4 is 0 Å². The van der Waals surface area contributed by atoms with Gasteiger partial charge in [0.05, 0.1) is 11.7 Å². The van der Waals surface area contributed by atoms with Gasteiger partial charge in [0.2, 0.25) is 5.82 Å². The van der Waals surface area contributed by atoms with E-state index in [1.165, 1.54) is 17.5 Å². The van der Waals surface area contributed by atoms with Crippen molar-refractivity contribution < 1.29 is 9.26 Å². The maximum atomic E-state index is 9.42. The highest BCUT2D eigenvalue weighted by molar-refractivity contribution is 5.66. The molecule has 1 aliphatic carbocycles. The van der Waals surface area contributed by atoms with E-state index in [1.54, 1.807) is 12.1 Å². The molecule has 0 fully saturated rings. The van der Waals surface area contributed by atoms with Crippen LogP contribution in [0.2, 0.25) is 0 Å². The Morgan fingerprint density at radius 3 is 2.67 bits per heavy atom. The average molecular weight is 359 g/mol. The number of rotatable bonds is 4. The number of hydrogen-bond acceptors (Lipinski definition) is 5. The molecule has 0 N–H and O–H groups in total. The molecular weight excluding hydrogens is 338 g/mol. The minimum atomic E-state index is 0.000686. The molecule has 0 radical (unpaired) electrons. The minimum Gasteiger partial charge on any atom is -0.490 e. The van der Waals surface area contributed by atoms with Crippen LogP contribution in [0, 0.1) is 18.3 Å². The first-order chi connectivity index (χ1) is 13.0. The maximum absolute atomic E-state index is 9.42. The molecule has 0 saturated carbocycles. The summed E-state index contributed by atoms with van der Waals surface area (Å²) < 4.78 is 11.2. The lowest BCUT2D eigenvalue weighted by Gasteiger charge is -2.11. The smallest absolute Gasteiger partial charge is 0.258 e. The van der Waals surface area contributed by atoms with Crippen molar-refractivity contribution in [2.45, 2.75) is 46.1 Å². The van der Waals surface area contributed by atoms with Gasteiger partial charge >= 0.3 is 0 Å². The molecule has 0 spiro atoms. The zero-order valence-electron chi connectivity index (χ0n) is 15.7. The molecule has 0 aliphatic heterocycles. The van der Waals surface area contributed by atoms with E-state index in [0.29, 0.717) is 28.6 Å². The Morgan fingerprint density at radius 2 is 1.93 bits per heavy atom. The third kappa shape index (κ3) is 3.31. The SMILES string of the molecule is Cc1cc2c(cc1-c1noc(-c3ccc(OC(C)C)c(C#N)c3)n1)CCC2. The number of benzene rings is 2. The van der Waals surface area contributed by atoms with Gasteiger partial charge in [-0.2, -0.15) is 10.2 Å². The summed E-state index contributed by atoms with van der Waals surface area (Å²) >= 11 is 0. The van der Waals surface area contributed by atoms with E-state index in [9.17, 15) is 5.26 Å². The van der Waals surface area contributed by atoms with Gasteiger partial charge < -0.3 is 9.26 Å². The first-order valence-corrected chi connectivity index (χ1v) is 9.23. The molecular formula is C22H21N3O2. The molecule has 5 heteroatoms. The summed E-state index contributed by atoms with van der Waals surface area (Å²) in [5.41, 5.74) is 6.13. The summed E-state index contributed by atoms with van der Waals surface area (Å²) in [6.45, 7) is 5.94. The Balaban J connectivity index is 1.68. The number of aromatic nitrogens is 2. The van der Waals surface area contributed by atoms with Gasteiger partial charge in [-0.3, -0.25) is 0 Å². The highest BCUT2D eigenvalue weighted by Crippen LogP contribution is 2.32. The fourth-order valence-corrected chi connectivity index (χ4v) is 3.55. The average Bonchev–Trinajstić information content (AvgIpc) is 3.29. The molecule has 2 aromatic carbocycles. The van der Waals surface area contributed by atoms with E-state index in [4.69, 9.17) is 9.26 Å². The predicted octanol–water partition coefficient (Wildman–Crippen LogP) is 4.86. The van der Waals surface area contributed by atoms with Gasteiger partial charge in [-0.05, 0) is 81.0 Å². The first-order valence-electron chi connectivity index (χ1n) is 9.23. The molecule has 0 unspecified atom stereocenters. The second kappa shape index (κ2) is 6.88. The zero-order valence-corrected chi connectivity index (χ0v) is 15.7. The molecule has 4 rings (SSSR count). The van der Waals surface area contributed by atoms with Crippen LogP contribution in [-0.4, -0.2) is 16.2 Å². The maximum Gasteiger partial charge on any atom is 0.258 e. The number of ether oxygens (including phenoxy) is 1. The molecule has 3 aromatic rings. The zero-order chi connectivity index (χ0) is 19.0. The highest BCUT2D eigenvalue weighted by Gasteiger charge is 2.18. The third-order valence-electron chi connectivity index (χ3n) is 4.82. The Kier molecular flexibility index (Phi) is 4.41. The topological polar surface area (TPSA) is 71.9 Å². The predicted molar refractivity (Wildman–Crippen MR) is 102 cm³/mol. The Hall–Kier alpha value is -3.13. The van der Waals surface area contributed by atoms with E-state index in [-0.39, 0.29) is 6.10 Å². The number of nitrogens with zero attached hydrogens (tertiary/aromatic N) is 3. The normalized spacial score (nSPS) is 12.9. The van der Waals surface area contributed by atoms with Gasteiger partial charge in [0.1, 0.15) is 11.8 Å². The van der Waals surface area contributed by atoms with E-state index >= 15 is 0 Å². The van der Waals surface area contributed by atoms with Gasteiger partial charge in [-0.15, -0.1) is 0 Å². The van der Waals surface area contributed by atoms with Gasteiger partial charge in [0.15, 0.2) is 0 Å². The second-order valence-electron chi connectivity index (χ2n) is 7.20. The Bertz CT molecular complexity index is 1040. The molecule has 0 amide bonds. The molecule has 27 heavy (non-hydrogen) atoms.